The molecule has 1 aliphatic rings. The van der Waals surface area contributed by atoms with Gasteiger partial charge in [-0.05, 0) is 42.2 Å². The molecule has 1 aliphatic heterocycles. The summed E-state index contributed by atoms with van der Waals surface area (Å²) in [5.41, 5.74) is 1.70. The second-order valence-electron chi connectivity index (χ2n) is 8.91. The van der Waals surface area contributed by atoms with Gasteiger partial charge in [-0.15, -0.1) is 0 Å². The lowest BCUT2D eigenvalue weighted by Crippen LogP contribution is -2.53. The zero-order chi connectivity index (χ0) is 16.1. The highest BCUT2D eigenvalue weighted by molar-refractivity contribution is 5.41. The Labute approximate surface area is 131 Å². The third-order valence-electron chi connectivity index (χ3n) is 5.40. The molecule has 118 valence electrons. The third kappa shape index (κ3) is 2.84. The molecule has 2 unspecified atom stereocenters. The van der Waals surface area contributed by atoms with Crippen LogP contribution in [0.2, 0.25) is 0 Å². The second-order valence-corrected chi connectivity index (χ2v) is 8.91. The lowest BCUT2D eigenvalue weighted by Gasteiger charge is -2.55. The molecule has 0 aliphatic carbocycles. The van der Waals surface area contributed by atoms with Gasteiger partial charge in [0.25, 0.3) is 0 Å². The van der Waals surface area contributed by atoms with Crippen molar-refractivity contribution >= 4 is 0 Å². The van der Waals surface area contributed by atoms with E-state index in [-0.39, 0.29) is 16.4 Å². The minimum atomic E-state index is -0.149. The Kier molecular flexibility index (Phi) is 3.93. The van der Waals surface area contributed by atoms with Gasteiger partial charge >= 0.3 is 0 Å². The fourth-order valence-corrected chi connectivity index (χ4v) is 4.39. The van der Waals surface area contributed by atoms with E-state index in [1.807, 2.05) is 0 Å². The van der Waals surface area contributed by atoms with Crippen molar-refractivity contribution in [3.8, 4) is 5.75 Å². The van der Waals surface area contributed by atoms with Crippen LogP contribution in [0.1, 0.15) is 73.3 Å². The van der Waals surface area contributed by atoms with Crippen LogP contribution in [0.25, 0.3) is 0 Å². The molecule has 0 radical (unpaired) electrons. The van der Waals surface area contributed by atoms with E-state index in [1.54, 1.807) is 0 Å². The quantitative estimate of drug-likeness (QED) is 0.644. The molecule has 1 aromatic rings. The Bertz CT molecular complexity index is 505. The summed E-state index contributed by atoms with van der Waals surface area (Å²) in [5, 5.41) is 0. The van der Waals surface area contributed by atoms with Crippen LogP contribution in [0.5, 0.6) is 5.75 Å². The van der Waals surface area contributed by atoms with Crippen molar-refractivity contribution in [1.82, 2.24) is 0 Å². The number of hydrogen-bond acceptors (Lipinski definition) is 1. The average Bonchev–Trinajstić information content (AvgIpc) is 2.34. The molecule has 1 heterocycles. The Balaban J connectivity index is 2.68. The van der Waals surface area contributed by atoms with Crippen molar-refractivity contribution in [2.45, 2.75) is 73.3 Å². The Morgan fingerprint density at radius 2 is 1.62 bits per heavy atom. The number of hydrogen-bond donors (Lipinski definition) is 0. The fraction of sp³-hybridized carbons (Fsp3) is 0.700. The van der Waals surface area contributed by atoms with Gasteiger partial charge in [-0.1, -0.05) is 66.2 Å². The minimum Gasteiger partial charge on any atom is -0.487 e. The molecule has 0 saturated carbocycles. The summed E-state index contributed by atoms with van der Waals surface area (Å²) < 4.78 is 6.43. The van der Waals surface area contributed by atoms with Crippen molar-refractivity contribution in [2.24, 2.45) is 16.7 Å². The summed E-state index contributed by atoms with van der Waals surface area (Å²) in [5.74, 6) is 2.08. The highest BCUT2D eigenvalue weighted by Crippen LogP contribution is 2.58. The molecule has 0 spiro atoms. The number of rotatable bonds is 2. The smallest absolute Gasteiger partial charge is 0.123 e. The molecule has 0 saturated heterocycles. The zero-order valence-electron chi connectivity index (χ0n) is 15.1. The van der Waals surface area contributed by atoms with E-state index in [4.69, 9.17) is 4.74 Å². The topological polar surface area (TPSA) is 9.23 Å². The minimum absolute atomic E-state index is 0.149. The van der Waals surface area contributed by atoms with Gasteiger partial charge in [-0.2, -0.15) is 0 Å². The highest BCUT2D eigenvalue weighted by atomic mass is 16.5. The van der Waals surface area contributed by atoms with Crippen molar-refractivity contribution in [2.75, 3.05) is 0 Å². The first-order chi connectivity index (χ1) is 9.50. The van der Waals surface area contributed by atoms with Crippen molar-refractivity contribution in [3.05, 3.63) is 29.8 Å². The van der Waals surface area contributed by atoms with Gasteiger partial charge < -0.3 is 4.74 Å². The number of benzene rings is 1. The van der Waals surface area contributed by atoms with E-state index in [2.05, 4.69) is 79.7 Å². The molecule has 0 fully saturated rings. The predicted octanol–water partition coefficient (Wildman–Crippen LogP) is 6.04. The molecule has 2 atom stereocenters. The molecular formula is C20H32O. The second kappa shape index (κ2) is 5.04. The van der Waals surface area contributed by atoms with Crippen LogP contribution in [0, 0.1) is 16.7 Å². The van der Waals surface area contributed by atoms with E-state index >= 15 is 0 Å². The van der Waals surface area contributed by atoms with E-state index < -0.39 is 0 Å². The molecule has 1 heteroatoms. The first-order valence-corrected chi connectivity index (χ1v) is 8.28. The zero-order valence-corrected chi connectivity index (χ0v) is 15.1. The summed E-state index contributed by atoms with van der Waals surface area (Å²) in [4.78, 5) is 0. The molecule has 2 rings (SSSR count). The van der Waals surface area contributed by atoms with Gasteiger partial charge in [-0.3, -0.25) is 0 Å². The maximum Gasteiger partial charge on any atom is 0.123 e. The normalized spacial score (nSPS) is 25.1. The predicted molar refractivity (Wildman–Crippen MR) is 90.9 cm³/mol. The van der Waals surface area contributed by atoms with Crippen LogP contribution < -0.4 is 4.74 Å². The largest absolute Gasteiger partial charge is 0.487 e. The maximum atomic E-state index is 6.43. The molecule has 1 nitrogen and oxygen atoms in total. The summed E-state index contributed by atoms with van der Waals surface area (Å²) in [7, 11) is 0. The molecule has 0 N–H and O–H groups in total. The Hall–Kier alpha value is -0.980. The lowest BCUT2D eigenvalue weighted by atomic mass is 9.55. The van der Waals surface area contributed by atoms with E-state index in [9.17, 15) is 0 Å². The molecule has 0 aromatic heterocycles. The molecule has 1 aromatic carbocycles. The van der Waals surface area contributed by atoms with Gasteiger partial charge in [0.15, 0.2) is 0 Å². The van der Waals surface area contributed by atoms with Gasteiger partial charge in [0, 0.05) is 5.92 Å². The van der Waals surface area contributed by atoms with Crippen LogP contribution in [-0.2, 0) is 0 Å². The monoisotopic (exact) mass is 288 g/mol. The average molecular weight is 288 g/mol. The SMILES string of the molecule is CCC(C)(C)C1c2ccccc2OC(C)(C)C1C(C)(C)C. The number of fused-ring (bicyclic) bond motifs is 1. The van der Waals surface area contributed by atoms with Crippen molar-refractivity contribution in [1.29, 1.82) is 0 Å². The van der Waals surface area contributed by atoms with Crippen LogP contribution in [-0.4, -0.2) is 5.60 Å². The Morgan fingerprint density at radius 3 is 2.14 bits per heavy atom. The number of ether oxygens (including phenoxy) is 1. The van der Waals surface area contributed by atoms with Gasteiger partial charge in [0.1, 0.15) is 11.4 Å². The summed E-state index contributed by atoms with van der Waals surface area (Å²) in [6, 6.07) is 8.64. The van der Waals surface area contributed by atoms with Gasteiger partial charge in [0.2, 0.25) is 0 Å². The van der Waals surface area contributed by atoms with Crippen molar-refractivity contribution in [3.63, 3.8) is 0 Å². The summed E-state index contributed by atoms with van der Waals surface area (Å²) in [6.45, 7) is 18.7. The fourth-order valence-electron chi connectivity index (χ4n) is 4.39. The highest BCUT2D eigenvalue weighted by Gasteiger charge is 2.53. The summed E-state index contributed by atoms with van der Waals surface area (Å²) in [6.07, 6.45) is 1.18. The lowest BCUT2D eigenvalue weighted by molar-refractivity contribution is -0.0686. The summed E-state index contributed by atoms with van der Waals surface area (Å²) >= 11 is 0. The van der Waals surface area contributed by atoms with Crippen LogP contribution >= 0.6 is 0 Å². The first-order valence-electron chi connectivity index (χ1n) is 8.28. The molecule has 0 bridgehead atoms. The van der Waals surface area contributed by atoms with Crippen LogP contribution in [0.4, 0.5) is 0 Å². The number of para-hydroxylation sites is 1. The molecule has 0 amide bonds. The first kappa shape index (κ1) is 16.4. The van der Waals surface area contributed by atoms with Gasteiger partial charge in [-0.25, -0.2) is 0 Å². The standard InChI is InChI=1S/C20H32O/c1-9-19(5,6)16-14-12-10-11-13-15(14)21-20(7,8)17(16)18(2,3)4/h10-13,16-17H,9H2,1-8H3. The van der Waals surface area contributed by atoms with E-state index in [1.165, 1.54) is 12.0 Å². The molecule has 21 heavy (non-hydrogen) atoms. The maximum absolute atomic E-state index is 6.43. The molecular weight excluding hydrogens is 256 g/mol. The van der Waals surface area contributed by atoms with E-state index in [0.717, 1.165) is 5.75 Å². The van der Waals surface area contributed by atoms with Gasteiger partial charge in [0.05, 0.1) is 0 Å². The van der Waals surface area contributed by atoms with E-state index in [0.29, 0.717) is 11.8 Å². The van der Waals surface area contributed by atoms with Crippen LogP contribution in [0.3, 0.4) is 0 Å². The van der Waals surface area contributed by atoms with Crippen LogP contribution in [0.15, 0.2) is 24.3 Å². The Morgan fingerprint density at radius 1 is 1.05 bits per heavy atom. The third-order valence-corrected chi connectivity index (χ3v) is 5.40. The van der Waals surface area contributed by atoms with Crippen molar-refractivity contribution < 1.29 is 4.74 Å².